The Kier molecular flexibility index (Phi) is 4.97. The summed E-state index contributed by atoms with van der Waals surface area (Å²) in [5.41, 5.74) is 0. The smallest absolute Gasteiger partial charge is 0.336 e. The van der Waals surface area contributed by atoms with Crippen LogP contribution in [0.1, 0.15) is 0 Å². The van der Waals surface area contributed by atoms with Crippen LogP contribution in [0.25, 0.3) is 0 Å². The van der Waals surface area contributed by atoms with E-state index in [0.29, 0.717) is 4.47 Å². The number of methoxy groups -OCH3 is 1. The molecule has 1 aromatic carbocycles. The monoisotopic (exact) mass is 381 g/mol. The summed E-state index contributed by atoms with van der Waals surface area (Å²) in [6.45, 7) is -0.118. The van der Waals surface area contributed by atoms with Gasteiger partial charge in [0.15, 0.2) is 6.10 Å². The van der Waals surface area contributed by atoms with Crippen LogP contribution in [-0.2, 0) is 24.3 Å². The molecular weight excluding hydrogens is 369 g/mol. The van der Waals surface area contributed by atoms with Crippen LogP contribution in [0.2, 0.25) is 0 Å². The van der Waals surface area contributed by atoms with Gasteiger partial charge < -0.3 is 9.47 Å². The van der Waals surface area contributed by atoms with E-state index in [1.54, 1.807) is 0 Å². The topological polar surface area (TPSA) is 72.9 Å². The van der Waals surface area contributed by atoms with Gasteiger partial charge in [-0.15, -0.1) is 0 Å². The van der Waals surface area contributed by atoms with E-state index in [0.717, 1.165) is 10.4 Å². The maximum absolute atomic E-state index is 13.9. The summed E-state index contributed by atoms with van der Waals surface area (Å²) in [4.78, 5) is 11.0. The Labute approximate surface area is 130 Å². The first kappa shape index (κ1) is 16.3. The minimum absolute atomic E-state index is 0.0388. The molecule has 1 atom stereocenters. The van der Waals surface area contributed by atoms with Crippen LogP contribution < -0.4 is 0 Å². The fourth-order valence-electron chi connectivity index (χ4n) is 1.94. The average molecular weight is 382 g/mol. The summed E-state index contributed by atoms with van der Waals surface area (Å²) in [6.07, 6.45) is -1.00. The predicted molar refractivity (Wildman–Crippen MR) is 74.6 cm³/mol. The van der Waals surface area contributed by atoms with Gasteiger partial charge in [-0.2, -0.15) is 4.31 Å². The summed E-state index contributed by atoms with van der Waals surface area (Å²) in [7, 11) is -2.85. The van der Waals surface area contributed by atoms with E-state index < -0.39 is 32.8 Å². The fraction of sp³-hybridized carbons (Fsp3) is 0.417. The summed E-state index contributed by atoms with van der Waals surface area (Å²) < 4.78 is 49.9. The Morgan fingerprint density at radius 3 is 2.86 bits per heavy atom. The van der Waals surface area contributed by atoms with Gasteiger partial charge >= 0.3 is 5.97 Å². The Morgan fingerprint density at radius 2 is 2.24 bits per heavy atom. The van der Waals surface area contributed by atoms with Crippen molar-refractivity contribution < 1.29 is 27.1 Å². The summed E-state index contributed by atoms with van der Waals surface area (Å²) in [5.74, 6) is -1.52. The van der Waals surface area contributed by atoms with Crippen LogP contribution in [0.15, 0.2) is 27.6 Å². The molecule has 1 aliphatic rings. The van der Waals surface area contributed by atoms with Crippen molar-refractivity contribution in [2.45, 2.75) is 11.0 Å². The Hall–Kier alpha value is -1.03. The van der Waals surface area contributed by atoms with Crippen molar-refractivity contribution in [1.82, 2.24) is 4.31 Å². The molecule has 0 amide bonds. The predicted octanol–water partition coefficient (Wildman–Crippen LogP) is 1.15. The van der Waals surface area contributed by atoms with Crippen molar-refractivity contribution in [3.05, 3.63) is 28.5 Å². The van der Waals surface area contributed by atoms with Gasteiger partial charge in [0.2, 0.25) is 10.0 Å². The Balaban J connectivity index is 2.28. The van der Waals surface area contributed by atoms with Crippen LogP contribution in [-0.4, -0.2) is 51.6 Å². The van der Waals surface area contributed by atoms with Gasteiger partial charge in [-0.05, 0) is 18.2 Å². The molecule has 1 aliphatic heterocycles. The van der Waals surface area contributed by atoms with E-state index in [1.165, 1.54) is 19.2 Å². The highest BCUT2D eigenvalue weighted by Crippen LogP contribution is 2.24. The number of sulfonamides is 1. The molecule has 0 spiro atoms. The van der Waals surface area contributed by atoms with Crippen molar-refractivity contribution in [2.24, 2.45) is 0 Å². The number of esters is 1. The summed E-state index contributed by atoms with van der Waals surface area (Å²) in [6, 6.07) is 3.69. The Bertz CT molecular complexity index is 651. The number of carbonyl (C=O) groups is 1. The zero-order valence-corrected chi connectivity index (χ0v) is 13.5. The molecule has 0 radical (unpaired) electrons. The molecule has 21 heavy (non-hydrogen) atoms. The van der Waals surface area contributed by atoms with Crippen molar-refractivity contribution in [3.8, 4) is 0 Å². The molecule has 2 rings (SSSR count). The van der Waals surface area contributed by atoms with E-state index in [4.69, 9.17) is 4.74 Å². The molecule has 1 unspecified atom stereocenters. The van der Waals surface area contributed by atoms with Crippen LogP contribution >= 0.6 is 15.9 Å². The number of carbonyl (C=O) groups excluding carboxylic acids is 1. The van der Waals surface area contributed by atoms with Crippen LogP contribution in [0, 0.1) is 5.82 Å². The first-order chi connectivity index (χ1) is 9.86. The molecule has 1 fully saturated rings. The van der Waals surface area contributed by atoms with E-state index >= 15 is 0 Å². The molecule has 0 saturated carbocycles. The molecule has 116 valence electrons. The van der Waals surface area contributed by atoms with Gasteiger partial charge in [0.1, 0.15) is 10.7 Å². The summed E-state index contributed by atoms with van der Waals surface area (Å²) in [5, 5.41) is 0. The lowest BCUT2D eigenvalue weighted by molar-refractivity contribution is -0.157. The zero-order chi connectivity index (χ0) is 15.6. The second kappa shape index (κ2) is 6.39. The van der Waals surface area contributed by atoms with Crippen LogP contribution in [0.3, 0.4) is 0 Å². The number of nitrogens with zero attached hydrogens (tertiary/aromatic N) is 1. The van der Waals surface area contributed by atoms with E-state index in [2.05, 4.69) is 20.7 Å². The lowest BCUT2D eigenvalue weighted by Crippen LogP contribution is -2.48. The largest absolute Gasteiger partial charge is 0.467 e. The van der Waals surface area contributed by atoms with Crippen LogP contribution in [0.5, 0.6) is 0 Å². The number of benzene rings is 1. The lowest BCUT2D eigenvalue weighted by atomic mass is 10.3. The molecule has 1 aromatic rings. The van der Waals surface area contributed by atoms with Gasteiger partial charge in [0.05, 0.1) is 20.3 Å². The van der Waals surface area contributed by atoms with E-state index in [9.17, 15) is 17.6 Å². The van der Waals surface area contributed by atoms with Gasteiger partial charge in [-0.3, -0.25) is 0 Å². The second-order valence-electron chi connectivity index (χ2n) is 4.32. The maximum Gasteiger partial charge on any atom is 0.336 e. The molecule has 0 aromatic heterocycles. The van der Waals surface area contributed by atoms with Crippen LogP contribution in [0.4, 0.5) is 4.39 Å². The zero-order valence-electron chi connectivity index (χ0n) is 11.1. The Morgan fingerprint density at radius 1 is 1.52 bits per heavy atom. The first-order valence-corrected chi connectivity index (χ1v) is 8.24. The molecule has 1 heterocycles. The first-order valence-electron chi connectivity index (χ1n) is 6.01. The third-order valence-corrected chi connectivity index (χ3v) is 5.40. The molecule has 9 heteroatoms. The summed E-state index contributed by atoms with van der Waals surface area (Å²) >= 11 is 3.07. The lowest BCUT2D eigenvalue weighted by Gasteiger charge is -2.30. The highest BCUT2D eigenvalue weighted by atomic mass is 79.9. The quantitative estimate of drug-likeness (QED) is 0.734. The van der Waals surface area contributed by atoms with E-state index in [-0.39, 0.29) is 19.7 Å². The van der Waals surface area contributed by atoms with Crippen molar-refractivity contribution in [1.29, 1.82) is 0 Å². The van der Waals surface area contributed by atoms with E-state index in [1.807, 2.05) is 0 Å². The highest BCUT2D eigenvalue weighted by Gasteiger charge is 2.35. The molecule has 0 N–H and O–H groups in total. The SMILES string of the molecule is COC(=O)C1CN(S(=O)(=O)c2ccc(Br)cc2F)CCO1. The third kappa shape index (κ3) is 3.42. The van der Waals surface area contributed by atoms with Crippen molar-refractivity contribution in [3.63, 3.8) is 0 Å². The second-order valence-corrected chi connectivity index (χ2v) is 7.14. The normalized spacial score (nSPS) is 20.2. The van der Waals surface area contributed by atoms with Gasteiger partial charge in [0, 0.05) is 11.0 Å². The average Bonchev–Trinajstić information content (AvgIpc) is 2.46. The molecule has 0 bridgehead atoms. The number of morpholine rings is 1. The standard InChI is InChI=1S/C12H13BrFNO5S/c1-19-12(16)10-7-15(4-5-20-10)21(17,18)11-3-2-8(13)6-9(11)14/h2-3,6,10H,4-5,7H2,1H3. The number of hydrogen-bond acceptors (Lipinski definition) is 5. The number of ether oxygens (including phenoxy) is 2. The van der Waals surface area contributed by atoms with Gasteiger partial charge in [0.25, 0.3) is 0 Å². The molecule has 6 nitrogen and oxygen atoms in total. The fourth-order valence-corrected chi connectivity index (χ4v) is 3.74. The highest BCUT2D eigenvalue weighted by molar-refractivity contribution is 9.10. The molecular formula is C12H13BrFNO5S. The van der Waals surface area contributed by atoms with Crippen molar-refractivity contribution >= 4 is 31.9 Å². The van der Waals surface area contributed by atoms with Crippen molar-refractivity contribution in [2.75, 3.05) is 26.8 Å². The third-order valence-electron chi connectivity index (χ3n) is 3.01. The number of rotatable bonds is 3. The minimum Gasteiger partial charge on any atom is -0.467 e. The molecule has 1 saturated heterocycles. The minimum atomic E-state index is -4.03. The number of halogens is 2. The van der Waals surface area contributed by atoms with Gasteiger partial charge in [-0.1, -0.05) is 15.9 Å². The molecule has 0 aliphatic carbocycles. The maximum atomic E-state index is 13.9. The van der Waals surface area contributed by atoms with Gasteiger partial charge in [-0.25, -0.2) is 17.6 Å². The number of hydrogen-bond donors (Lipinski definition) is 0.